The molecule has 0 unspecified atom stereocenters. The van der Waals surface area contributed by atoms with Crippen LogP contribution >= 0.6 is 0 Å². The van der Waals surface area contributed by atoms with Crippen molar-refractivity contribution in [2.45, 2.75) is 20.0 Å². The van der Waals surface area contributed by atoms with Crippen LogP contribution in [-0.2, 0) is 0 Å². The third kappa shape index (κ3) is 5.03. The standard InChI is InChI=1S/C21H19F2N3O2/c1-13(2)28-17-7-4-15(5-8-17)26-21(27)14-3-10-20(24-12-14)25-16-6-9-18(22)19(23)11-16/h3-13H,1-2H3,(H,24,25)(H,26,27). The van der Waals surface area contributed by atoms with Gasteiger partial charge < -0.3 is 15.4 Å². The Morgan fingerprint density at radius 2 is 1.68 bits per heavy atom. The summed E-state index contributed by atoms with van der Waals surface area (Å²) in [7, 11) is 0. The van der Waals surface area contributed by atoms with Gasteiger partial charge in [-0.25, -0.2) is 13.8 Å². The van der Waals surface area contributed by atoms with Crippen LogP contribution in [0.4, 0.5) is 26.0 Å². The number of hydrogen-bond acceptors (Lipinski definition) is 4. The first-order valence-corrected chi connectivity index (χ1v) is 8.67. The van der Waals surface area contributed by atoms with E-state index in [0.29, 0.717) is 22.8 Å². The van der Waals surface area contributed by atoms with E-state index in [4.69, 9.17) is 4.74 Å². The number of aromatic nitrogens is 1. The van der Waals surface area contributed by atoms with Crippen LogP contribution in [0.15, 0.2) is 60.8 Å². The Labute approximate surface area is 161 Å². The zero-order valence-corrected chi connectivity index (χ0v) is 15.4. The van der Waals surface area contributed by atoms with E-state index < -0.39 is 11.6 Å². The first-order chi connectivity index (χ1) is 13.4. The number of pyridine rings is 1. The molecule has 2 N–H and O–H groups in total. The molecule has 3 aromatic rings. The van der Waals surface area contributed by atoms with E-state index in [-0.39, 0.29) is 12.0 Å². The van der Waals surface area contributed by atoms with Gasteiger partial charge in [0.2, 0.25) is 0 Å². The molecule has 28 heavy (non-hydrogen) atoms. The smallest absolute Gasteiger partial charge is 0.257 e. The van der Waals surface area contributed by atoms with E-state index in [9.17, 15) is 13.6 Å². The summed E-state index contributed by atoms with van der Waals surface area (Å²) in [5.41, 5.74) is 1.34. The van der Waals surface area contributed by atoms with Crippen molar-refractivity contribution in [1.82, 2.24) is 4.98 Å². The maximum absolute atomic E-state index is 13.2. The lowest BCUT2D eigenvalue weighted by Gasteiger charge is -2.11. The molecule has 0 aliphatic rings. The second-order valence-electron chi connectivity index (χ2n) is 6.33. The Morgan fingerprint density at radius 3 is 2.29 bits per heavy atom. The van der Waals surface area contributed by atoms with Crippen molar-refractivity contribution >= 4 is 23.1 Å². The second kappa shape index (κ2) is 8.47. The van der Waals surface area contributed by atoms with Crippen LogP contribution in [0.2, 0.25) is 0 Å². The van der Waals surface area contributed by atoms with Gasteiger partial charge >= 0.3 is 0 Å². The Bertz CT molecular complexity index is 958. The quantitative estimate of drug-likeness (QED) is 0.618. The number of anilines is 3. The molecule has 3 rings (SSSR count). The molecule has 0 saturated heterocycles. The summed E-state index contributed by atoms with van der Waals surface area (Å²) in [6.45, 7) is 3.88. The fourth-order valence-electron chi connectivity index (χ4n) is 2.42. The maximum atomic E-state index is 13.2. The zero-order valence-electron chi connectivity index (χ0n) is 15.4. The highest BCUT2D eigenvalue weighted by molar-refractivity contribution is 6.04. The van der Waals surface area contributed by atoms with Crippen molar-refractivity contribution in [3.8, 4) is 5.75 Å². The molecule has 0 spiro atoms. The number of nitrogens with one attached hydrogen (secondary N) is 2. The molecule has 0 bridgehead atoms. The molecule has 5 nitrogen and oxygen atoms in total. The summed E-state index contributed by atoms with van der Waals surface area (Å²) in [5, 5.41) is 5.62. The fraction of sp³-hybridized carbons (Fsp3) is 0.143. The average Bonchev–Trinajstić information content (AvgIpc) is 2.66. The molecule has 7 heteroatoms. The molecule has 0 saturated carbocycles. The minimum Gasteiger partial charge on any atom is -0.491 e. The van der Waals surface area contributed by atoms with Gasteiger partial charge in [0.15, 0.2) is 11.6 Å². The first-order valence-electron chi connectivity index (χ1n) is 8.67. The van der Waals surface area contributed by atoms with Gasteiger partial charge in [-0.3, -0.25) is 4.79 Å². The predicted octanol–water partition coefficient (Wildman–Crippen LogP) is 5.14. The van der Waals surface area contributed by atoms with E-state index in [2.05, 4.69) is 15.6 Å². The van der Waals surface area contributed by atoms with Gasteiger partial charge in [-0.2, -0.15) is 0 Å². The van der Waals surface area contributed by atoms with Crippen molar-refractivity contribution in [2.75, 3.05) is 10.6 Å². The highest BCUT2D eigenvalue weighted by Gasteiger charge is 2.08. The predicted molar refractivity (Wildman–Crippen MR) is 104 cm³/mol. The van der Waals surface area contributed by atoms with E-state index >= 15 is 0 Å². The maximum Gasteiger partial charge on any atom is 0.257 e. The van der Waals surface area contributed by atoms with Gasteiger partial charge in [0.05, 0.1) is 11.7 Å². The highest BCUT2D eigenvalue weighted by atomic mass is 19.2. The number of nitrogens with zero attached hydrogens (tertiary/aromatic N) is 1. The lowest BCUT2D eigenvalue weighted by molar-refractivity contribution is 0.102. The van der Waals surface area contributed by atoms with Gasteiger partial charge in [0, 0.05) is 23.6 Å². The van der Waals surface area contributed by atoms with E-state index in [1.807, 2.05) is 13.8 Å². The highest BCUT2D eigenvalue weighted by Crippen LogP contribution is 2.19. The number of benzene rings is 2. The number of carbonyl (C=O) groups is 1. The third-order valence-corrected chi connectivity index (χ3v) is 3.70. The van der Waals surface area contributed by atoms with Crippen LogP contribution in [0.3, 0.4) is 0 Å². The normalized spacial score (nSPS) is 10.6. The molecule has 0 aliphatic carbocycles. The van der Waals surface area contributed by atoms with Crippen LogP contribution in [-0.4, -0.2) is 17.0 Å². The Hall–Kier alpha value is -3.48. The first kappa shape index (κ1) is 19.3. The number of ether oxygens (including phenoxy) is 1. The topological polar surface area (TPSA) is 63.2 Å². The lowest BCUT2D eigenvalue weighted by atomic mass is 10.2. The number of amides is 1. The molecule has 1 aromatic heterocycles. The lowest BCUT2D eigenvalue weighted by Crippen LogP contribution is -2.12. The average molecular weight is 383 g/mol. The summed E-state index contributed by atoms with van der Waals surface area (Å²) in [4.78, 5) is 16.5. The largest absolute Gasteiger partial charge is 0.491 e. The molecule has 1 heterocycles. The summed E-state index contributed by atoms with van der Waals surface area (Å²) < 4.78 is 31.8. The molecule has 1 amide bonds. The number of hydrogen-bond donors (Lipinski definition) is 2. The molecular weight excluding hydrogens is 364 g/mol. The van der Waals surface area contributed by atoms with Gasteiger partial charge in [-0.05, 0) is 62.4 Å². The number of rotatable bonds is 6. The minimum atomic E-state index is -0.953. The van der Waals surface area contributed by atoms with Crippen molar-refractivity contribution in [3.05, 3.63) is 78.0 Å². The molecule has 0 atom stereocenters. The van der Waals surface area contributed by atoms with Crippen molar-refractivity contribution in [3.63, 3.8) is 0 Å². The van der Waals surface area contributed by atoms with Crippen LogP contribution in [0.1, 0.15) is 24.2 Å². The molecule has 0 aliphatic heterocycles. The summed E-state index contributed by atoms with van der Waals surface area (Å²) in [6.07, 6.45) is 1.47. The van der Waals surface area contributed by atoms with E-state index in [1.165, 1.54) is 12.3 Å². The zero-order chi connectivity index (χ0) is 20.1. The van der Waals surface area contributed by atoms with Gasteiger partial charge in [-0.1, -0.05) is 0 Å². The SMILES string of the molecule is CC(C)Oc1ccc(NC(=O)c2ccc(Nc3ccc(F)c(F)c3)nc2)cc1. The molecule has 0 radical (unpaired) electrons. The van der Waals surface area contributed by atoms with E-state index in [1.54, 1.807) is 36.4 Å². The Balaban J connectivity index is 1.62. The Kier molecular flexibility index (Phi) is 5.84. The molecule has 0 fully saturated rings. The van der Waals surface area contributed by atoms with Crippen molar-refractivity contribution in [1.29, 1.82) is 0 Å². The minimum absolute atomic E-state index is 0.0741. The summed E-state index contributed by atoms with van der Waals surface area (Å²) in [5.74, 6) is -1.07. The number of halogens is 2. The van der Waals surface area contributed by atoms with E-state index in [0.717, 1.165) is 17.9 Å². The van der Waals surface area contributed by atoms with Crippen LogP contribution in [0.5, 0.6) is 5.75 Å². The monoisotopic (exact) mass is 383 g/mol. The summed E-state index contributed by atoms with van der Waals surface area (Å²) >= 11 is 0. The molecular formula is C21H19F2N3O2. The fourth-order valence-corrected chi connectivity index (χ4v) is 2.42. The van der Waals surface area contributed by atoms with Crippen LogP contribution in [0, 0.1) is 11.6 Å². The van der Waals surface area contributed by atoms with Crippen molar-refractivity contribution in [2.24, 2.45) is 0 Å². The van der Waals surface area contributed by atoms with Crippen molar-refractivity contribution < 1.29 is 18.3 Å². The Morgan fingerprint density at radius 1 is 0.964 bits per heavy atom. The van der Waals surface area contributed by atoms with Gasteiger partial charge in [-0.15, -0.1) is 0 Å². The second-order valence-corrected chi connectivity index (χ2v) is 6.33. The third-order valence-electron chi connectivity index (χ3n) is 3.70. The molecule has 144 valence electrons. The van der Waals surface area contributed by atoms with Crippen LogP contribution in [0.25, 0.3) is 0 Å². The molecule has 2 aromatic carbocycles. The number of carbonyl (C=O) groups excluding carboxylic acids is 1. The van der Waals surface area contributed by atoms with Gasteiger partial charge in [0.1, 0.15) is 11.6 Å². The summed E-state index contributed by atoms with van der Waals surface area (Å²) in [6, 6.07) is 13.7. The van der Waals surface area contributed by atoms with Gasteiger partial charge in [0.25, 0.3) is 5.91 Å². The van der Waals surface area contributed by atoms with Crippen LogP contribution < -0.4 is 15.4 Å².